The lowest BCUT2D eigenvalue weighted by atomic mass is 10.0. The van der Waals surface area contributed by atoms with Gasteiger partial charge in [-0.1, -0.05) is 19.1 Å². The Labute approximate surface area is 122 Å². The molecule has 0 saturated carbocycles. The minimum Gasteiger partial charge on any atom is -0.376 e. The quantitative estimate of drug-likeness (QED) is 0.816. The van der Waals surface area contributed by atoms with E-state index in [1.54, 1.807) is 0 Å². The first-order chi connectivity index (χ1) is 8.79. The second kappa shape index (κ2) is 7.43. The second-order valence-corrected chi connectivity index (χ2v) is 5.72. The van der Waals surface area contributed by atoms with Crippen LogP contribution in [-0.2, 0) is 15.9 Å². The highest BCUT2D eigenvalue weighted by Crippen LogP contribution is 2.13. The van der Waals surface area contributed by atoms with E-state index in [-0.39, 0.29) is 6.10 Å². The summed E-state index contributed by atoms with van der Waals surface area (Å²) in [4.78, 5) is 0. The molecule has 0 aliphatic carbocycles. The number of hydrogen-bond donors (Lipinski definition) is 1. The highest BCUT2D eigenvalue weighted by atomic mass is 127. The van der Waals surface area contributed by atoms with Crippen molar-refractivity contribution < 1.29 is 9.47 Å². The highest BCUT2D eigenvalue weighted by molar-refractivity contribution is 14.1. The van der Waals surface area contributed by atoms with Crippen LogP contribution in [0.5, 0.6) is 0 Å². The van der Waals surface area contributed by atoms with Crippen molar-refractivity contribution >= 4 is 22.6 Å². The molecule has 1 aliphatic heterocycles. The lowest BCUT2D eigenvalue weighted by Crippen LogP contribution is -2.47. The van der Waals surface area contributed by atoms with Crippen LogP contribution in [0.2, 0.25) is 0 Å². The second-order valence-electron chi connectivity index (χ2n) is 4.48. The van der Waals surface area contributed by atoms with E-state index in [2.05, 4.69) is 59.1 Å². The average molecular weight is 361 g/mol. The van der Waals surface area contributed by atoms with Crippen LogP contribution in [0.3, 0.4) is 0 Å². The molecule has 1 aromatic carbocycles. The summed E-state index contributed by atoms with van der Waals surface area (Å²) in [5.41, 5.74) is 1.34. The van der Waals surface area contributed by atoms with Crippen molar-refractivity contribution in [2.24, 2.45) is 0 Å². The number of rotatable bonds is 5. The molecule has 1 aliphatic rings. The van der Waals surface area contributed by atoms with E-state index < -0.39 is 0 Å². The summed E-state index contributed by atoms with van der Waals surface area (Å²) in [5, 5.41) is 3.51. The van der Waals surface area contributed by atoms with Gasteiger partial charge in [-0.15, -0.1) is 0 Å². The Morgan fingerprint density at radius 1 is 1.33 bits per heavy atom. The van der Waals surface area contributed by atoms with Crippen molar-refractivity contribution in [2.75, 3.05) is 26.4 Å². The maximum atomic E-state index is 5.80. The van der Waals surface area contributed by atoms with Gasteiger partial charge in [0.05, 0.1) is 25.9 Å². The van der Waals surface area contributed by atoms with E-state index in [4.69, 9.17) is 9.47 Å². The summed E-state index contributed by atoms with van der Waals surface area (Å²) in [6.45, 7) is 5.21. The van der Waals surface area contributed by atoms with E-state index in [9.17, 15) is 0 Å². The van der Waals surface area contributed by atoms with Crippen molar-refractivity contribution in [3.8, 4) is 0 Å². The molecule has 2 rings (SSSR count). The van der Waals surface area contributed by atoms with Crippen LogP contribution in [0.25, 0.3) is 0 Å². The molecule has 1 aromatic rings. The Morgan fingerprint density at radius 3 is 2.72 bits per heavy atom. The third kappa shape index (κ3) is 4.19. The van der Waals surface area contributed by atoms with Gasteiger partial charge in [0.2, 0.25) is 0 Å². The van der Waals surface area contributed by atoms with E-state index in [1.807, 2.05) is 0 Å². The fourth-order valence-electron chi connectivity index (χ4n) is 2.21. The van der Waals surface area contributed by atoms with Crippen molar-refractivity contribution in [2.45, 2.75) is 25.5 Å². The summed E-state index contributed by atoms with van der Waals surface area (Å²) in [5.74, 6) is 0. The number of ether oxygens (including phenoxy) is 2. The Bertz CT molecular complexity index is 349. The fraction of sp³-hybridized carbons (Fsp3) is 0.571. The van der Waals surface area contributed by atoms with Gasteiger partial charge in [-0.05, 0) is 53.3 Å². The molecule has 4 heteroatoms. The summed E-state index contributed by atoms with van der Waals surface area (Å²) in [7, 11) is 0. The molecule has 0 radical (unpaired) electrons. The van der Waals surface area contributed by atoms with Crippen molar-refractivity contribution in [3.05, 3.63) is 33.4 Å². The zero-order valence-electron chi connectivity index (χ0n) is 10.7. The molecule has 2 atom stereocenters. The average Bonchev–Trinajstić information content (AvgIpc) is 2.42. The molecule has 1 saturated heterocycles. The lowest BCUT2D eigenvalue weighted by molar-refractivity contribution is -0.101. The van der Waals surface area contributed by atoms with Crippen LogP contribution in [-0.4, -0.2) is 38.5 Å². The molecule has 18 heavy (non-hydrogen) atoms. The first-order valence-corrected chi connectivity index (χ1v) is 7.54. The van der Waals surface area contributed by atoms with Crippen LogP contribution >= 0.6 is 22.6 Å². The molecule has 3 nitrogen and oxygen atoms in total. The van der Waals surface area contributed by atoms with Gasteiger partial charge in [0, 0.05) is 9.61 Å². The maximum absolute atomic E-state index is 5.80. The van der Waals surface area contributed by atoms with Crippen molar-refractivity contribution in [1.29, 1.82) is 0 Å². The molecule has 100 valence electrons. The summed E-state index contributed by atoms with van der Waals surface area (Å²) < 4.78 is 12.6. The largest absolute Gasteiger partial charge is 0.376 e. The van der Waals surface area contributed by atoms with Gasteiger partial charge in [-0.2, -0.15) is 0 Å². The third-order valence-corrected chi connectivity index (χ3v) is 3.84. The minimum atomic E-state index is 0.165. The molecule has 2 unspecified atom stereocenters. The molecule has 0 spiro atoms. The van der Waals surface area contributed by atoms with Crippen LogP contribution in [0.4, 0.5) is 0 Å². The molecule has 1 N–H and O–H groups in total. The molecule has 1 heterocycles. The van der Waals surface area contributed by atoms with E-state index >= 15 is 0 Å². The first kappa shape index (κ1) is 14.2. The molecular weight excluding hydrogens is 341 g/mol. The van der Waals surface area contributed by atoms with Crippen LogP contribution in [0, 0.1) is 3.57 Å². The zero-order chi connectivity index (χ0) is 12.8. The predicted octanol–water partition coefficient (Wildman–Crippen LogP) is 2.23. The zero-order valence-corrected chi connectivity index (χ0v) is 12.9. The van der Waals surface area contributed by atoms with Gasteiger partial charge in [0.1, 0.15) is 0 Å². The highest BCUT2D eigenvalue weighted by Gasteiger charge is 2.24. The van der Waals surface area contributed by atoms with Crippen molar-refractivity contribution in [1.82, 2.24) is 5.32 Å². The Morgan fingerprint density at radius 2 is 2.11 bits per heavy atom. The molecular formula is C14H20INO2. The SMILES string of the molecule is CCNC(Cc1ccc(I)cc1)C1COCCO1. The van der Waals surface area contributed by atoms with Gasteiger partial charge in [-0.25, -0.2) is 0 Å². The van der Waals surface area contributed by atoms with E-state index in [1.165, 1.54) is 9.13 Å². The molecule has 0 aromatic heterocycles. The first-order valence-electron chi connectivity index (χ1n) is 6.46. The third-order valence-electron chi connectivity index (χ3n) is 3.13. The van der Waals surface area contributed by atoms with Crippen LogP contribution in [0.1, 0.15) is 12.5 Å². The number of nitrogens with one attached hydrogen (secondary N) is 1. The summed E-state index contributed by atoms with van der Waals surface area (Å²) in [6, 6.07) is 9.01. The van der Waals surface area contributed by atoms with Crippen molar-refractivity contribution in [3.63, 3.8) is 0 Å². The summed E-state index contributed by atoms with van der Waals surface area (Å²) in [6.07, 6.45) is 1.15. The van der Waals surface area contributed by atoms with Gasteiger partial charge >= 0.3 is 0 Å². The number of halogens is 1. The van der Waals surface area contributed by atoms with Gasteiger partial charge in [-0.3, -0.25) is 0 Å². The van der Waals surface area contributed by atoms with Gasteiger partial charge < -0.3 is 14.8 Å². The molecule has 1 fully saturated rings. The van der Waals surface area contributed by atoms with E-state index in [0.29, 0.717) is 19.3 Å². The Hall–Kier alpha value is -0.170. The Kier molecular flexibility index (Phi) is 5.88. The normalized spacial score (nSPS) is 21.8. The predicted molar refractivity (Wildman–Crippen MR) is 80.9 cm³/mol. The monoisotopic (exact) mass is 361 g/mol. The minimum absolute atomic E-state index is 0.165. The molecule has 0 amide bonds. The van der Waals surface area contributed by atoms with Gasteiger partial charge in [0.15, 0.2) is 0 Å². The van der Waals surface area contributed by atoms with Gasteiger partial charge in [0.25, 0.3) is 0 Å². The number of benzene rings is 1. The van der Waals surface area contributed by atoms with Crippen LogP contribution in [0.15, 0.2) is 24.3 Å². The Balaban J connectivity index is 1.98. The maximum Gasteiger partial charge on any atom is 0.0965 e. The standard InChI is InChI=1S/C14H20INO2/c1-2-16-13(14-10-17-7-8-18-14)9-11-3-5-12(15)6-4-11/h3-6,13-14,16H,2,7-10H2,1H3. The lowest BCUT2D eigenvalue weighted by Gasteiger charge is -2.31. The molecule has 0 bridgehead atoms. The summed E-state index contributed by atoms with van der Waals surface area (Å²) >= 11 is 2.33. The van der Waals surface area contributed by atoms with Crippen LogP contribution < -0.4 is 5.32 Å². The smallest absolute Gasteiger partial charge is 0.0965 e. The number of hydrogen-bond acceptors (Lipinski definition) is 3. The topological polar surface area (TPSA) is 30.5 Å². The number of likely N-dealkylation sites (N-methyl/N-ethyl adjacent to an activating group) is 1. The fourth-order valence-corrected chi connectivity index (χ4v) is 2.57. The van der Waals surface area contributed by atoms with E-state index in [0.717, 1.165) is 19.6 Å².